The quantitative estimate of drug-likeness (QED) is 0.566. The number of hydrogen-bond acceptors (Lipinski definition) is 3. The van der Waals surface area contributed by atoms with Crippen LogP contribution in [0.2, 0.25) is 0 Å². The Morgan fingerprint density at radius 2 is 2.07 bits per heavy atom. The van der Waals surface area contributed by atoms with E-state index in [4.69, 9.17) is 10.8 Å². The van der Waals surface area contributed by atoms with Crippen molar-refractivity contribution in [3.05, 3.63) is 0 Å². The van der Waals surface area contributed by atoms with Crippen LogP contribution in [0.25, 0.3) is 0 Å². The number of aliphatic carboxylic acids is 1. The summed E-state index contributed by atoms with van der Waals surface area (Å²) in [5.74, 6) is -1.81. The van der Waals surface area contributed by atoms with E-state index in [2.05, 4.69) is 5.32 Å². The standard InChI is InChI=1S/C10H20N2O3/c1-3-4-8(5-11)9(13)12-6-7(2)10(14)15/h7-8H,3-6,11H2,1-2H3,(H,12,13)(H,14,15). The molecule has 4 N–H and O–H groups in total. The van der Waals surface area contributed by atoms with Gasteiger partial charge in [-0.15, -0.1) is 0 Å². The van der Waals surface area contributed by atoms with Crippen LogP contribution in [0.3, 0.4) is 0 Å². The fourth-order valence-electron chi connectivity index (χ4n) is 1.19. The third kappa shape index (κ3) is 5.37. The first-order valence-corrected chi connectivity index (χ1v) is 5.23. The average molecular weight is 216 g/mol. The Bertz CT molecular complexity index is 219. The van der Waals surface area contributed by atoms with Crippen LogP contribution in [0.15, 0.2) is 0 Å². The number of rotatable bonds is 7. The van der Waals surface area contributed by atoms with Crippen molar-refractivity contribution in [1.82, 2.24) is 5.32 Å². The second-order valence-electron chi connectivity index (χ2n) is 3.71. The minimum absolute atomic E-state index is 0.146. The minimum atomic E-state index is -0.907. The van der Waals surface area contributed by atoms with Crippen molar-refractivity contribution < 1.29 is 14.7 Å². The van der Waals surface area contributed by atoms with E-state index in [1.807, 2.05) is 6.92 Å². The predicted octanol–water partition coefficient (Wildman–Crippen LogP) is 0.198. The molecular weight excluding hydrogens is 196 g/mol. The van der Waals surface area contributed by atoms with Crippen LogP contribution < -0.4 is 11.1 Å². The number of amides is 1. The summed E-state index contributed by atoms with van der Waals surface area (Å²) in [5, 5.41) is 11.2. The van der Waals surface area contributed by atoms with E-state index in [0.29, 0.717) is 6.54 Å². The molecule has 2 atom stereocenters. The Hall–Kier alpha value is -1.10. The third-order valence-electron chi connectivity index (χ3n) is 2.30. The molecule has 0 heterocycles. The third-order valence-corrected chi connectivity index (χ3v) is 2.30. The van der Waals surface area contributed by atoms with Crippen LogP contribution in [0.1, 0.15) is 26.7 Å². The highest BCUT2D eigenvalue weighted by Crippen LogP contribution is 2.04. The van der Waals surface area contributed by atoms with Crippen molar-refractivity contribution in [3.63, 3.8) is 0 Å². The lowest BCUT2D eigenvalue weighted by atomic mass is 10.0. The van der Waals surface area contributed by atoms with E-state index >= 15 is 0 Å². The molecule has 88 valence electrons. The number of hydrogen-bond donors (Lipinski definition) is 3. The van der Waals surface area contributed by atoms with Crippen LogP contribution in [0, 0.1) is 11.8 Å². The molecular formula is C10H20N2O3. The molecule has 2 unspecified atom stereocenters. The molecule has 0 rings (SSSR count). The molecule has 0 aromatic carbocycles. The molecule has 0 aromatic heterocycles. The Labute approximate surface area is 90.0 Å². The average Bonchev–Trinajstić information content (AvgIpc) is 2.21. The van der Waals surface area contributed by atoms with Gasteiger partial charge < -0.3 is 16.2 Å². The van der Waals surface area contributed by atoms with Gasteiger partial charge in [-0.2, -0.15) is 0 Å². The Kier molecular flexibility index (Phi) is 6.70. The van der Waals surface area contributed by atoms with Crippen molar-refractivity contribution in [2.75, 3.05) is 13.1 Å². The van der Waals surface area contributed by atoms with Gasteiger partial charge in [0.15, 0.2) is 0 Å². The van der Waals surface area contributed by atoms with Crippen LogP contribution in [-0.4, -0.2) is 30.1 Å². The lowest BCUT2D eigenvalue weighted by Gasteiger charge is -2.15. The Morgan fingerprint density at radius 1 is 1.47 bits per heavy atom. The van der Waals surface area contributed by atoms with Gasteiger partial charge in [0.25, 0.3) is 0 Å². The molecule has 0 aliphatic rings. The summed E-state index contributed by atoms with van der Waals surface area (Å²) in [6.07, 6.45) is 1.63. The number of carboxylic acids is 1. The molecule has 15 heavy (non-hydrogen) atoms. The second-order valence-corrected chi connectivity index (χ2v) is 3.71. The molecule has 0 radical (unpaired) electrons. The zero-order valence-electron chi connectivity index (χ0n) is 9.32. The maximum absolute atomic E-state index is 11.5. The van der Waals surface area contributed by atoms with Crippen LogP contribution >= 0.6 is 0 Å². The highest BCUT2D eigenvalue weighted by molar-refractivity contribution is 5.79. The summed E-state index contributed by atoms with van der Waals surface area (Å²) in [4.78, 5) is 22.0. The maximum atomic E-state index is 11.5. The zero-order valence-corrected chi connectivity index (χ0v) is 9.32. The van der Waals surface area contributed by atoms with Gasteiger partial charge in [0, 0.05) is 13.1 Å². The lowest BCUT2D eigenvalue weighted by molar-refractivity contribution is -0.141. The monoisotopic (exact) mass is 216 g/mol. The van der Waals surface area contributed by atoms with Crippen molar-refractivity contribution >= 4 is 11.9 Å². The van der Waals surface area contributed by atoms with Crippen LogP contribution in [0.4, 0.5) is 0 Å². The van der Waals surface area contributed by atoms with Crippen molar-refractivity contribution in [2.24, 2.45) is 17.6 Å². The number of nitrogens with one attached hydrogen (secondary N) is 1. The first-order chi connectivity index (χ1) is 7.02. The van der Waals surface area contributed by atoms with E-state index in [1.165, 1.54) is 0 Å². The summed E-state index contributed by atoms with van der Waals surface area (Å²) in [6.45, 7) is 4.01. The van der Waals surface area contributed by atoms with Gasteiger partial charge in [-0.1, -0.05) is 20.3 Å². The van der Waals surface area contributed by atoms with Crippen LogP contribution in [-0.2, 0) is 9.59 Å². The molecule has 5 nitrogen and oxygen atoms in total. The number of nitrogens with two attached hydrogens (primary N) is 1. The predicted molar refractivity (Wildman–Crippen MR) is 57.3 cm³/mol. The molecule has 0 saturated heterocycles. The molecule has 5 heteroatoms. The van der Waals surface area contributed by atoms with E-state index < -0.39 is 11.9 Å². The fraction of sp³-hybridized carbons (Fsp3) is 0.800. The fourth-order valence-corrected chi connectivity index (χ4v) is 1.19. The van der Waals surface area contributed by atoms with Gasteiger partial charge in [-0.05, 0) is 6.42 Å². The lowest BCUT2D eigenvalue weighted by Crippen LogP contribution is -2.38. The smallest absolute Gasteiger partial charge is 0.308 e. The molecule has 0 spiro atoms. The van der Waals surface area contributed by atoms with Crippen molar-refractivity contribution in [3.8, 4) is 0 Å². The summed E-state index contributed by atoms with van der Waals surface area (Å²) in [5.41, 5.74) is 5.45. The molecule has 0 aliphatic carbocycles. The van der Waals surface area contributed by atoms with E-state index in [1.54, 1.807) is 6.92 Å². The topological polar surface area (TPSA) is 92.4 Å². The molecule has 0 bridgehead atoms. The first kappa shape index (κ1) is 13.9. The minimum Gasteiger partial charge on any atom is -0.481 e. The SMILES string of the molecule is CCCC(CN)C(=O)NCC(C)C(=O)O. The summed E-state index contributed by atoms with van der Waals surface area (Å²) in [7, 11) is 0. The van der Waals surface area contributed by atoms with Gasteiger partial charge in [-0.3, -0.25) is 9.59 Å². The number of carbonyl (C=O) groups is 2. The van der Waals surface area contributed by atoms with Gasteiger partial charge in [-0.25, -0.2) is 0 Å². The largest absolute Gasteiger partial charge is 0.481 e. The maximum Gasteiger partial charge on any atom is 0.308 e. The normalized spacial score (nSPS) is 14.3. The Balaban J connectivity index is 3.95. The summed E-state index contributed by atoms with van der Waals surface area (Å²) < 4.78 is 0. The van der Waals surface area contributed by atoms with Gasteiger partial charge in [0.1, 0.15) is 0 Å². The second kappa shape index (κ2) is 7.23. The summed E-state index contributed by atoms with van der Waals surface area (Å²) in [6, 6.07) is 0. The zero-order chi connectivity index (χ0) is 11.8. The first-order valence-electron chi connectivity index (χ1n) is 5.23. The molecule has 0 saturated carbocycles. The van der Waals surface area contributed by atoms with E-state index in [9.17, 15) is 9.59 Å². The van der Waals surface area contributed by atoms with E-state index in [-0.39, 0.29) is 18.4 Å². The van der Waals surface area contributed by atoms with Crippen LogP contribution in [0.5, 0.6) is 0 Å². The van der Waals surface area contributed by atoms with Crippen molar-refractivity contribution in [1.29, 1.82) is 0 Å². The van der Waals surface area contributed by atoms with Crippen molar-refractivity contribution in [2.45, 2.75) is 26.7 Å². The number of carbonyl (C=O) groups excluding carboxylic acids is 1. The molecule has 1 amide bonds. The van der Waals surface area contributed by atoms with Gasteiger partial charge in [0.05, 0.1) is 11.8 Å². The molecule has 0 aromatic rings. The van der Waals surface area contributed by atoms with Gasteiger partial charge >= 0.3 is 5.97 Å². The highest BCUT2D eigenvalue weighted by atomic mass is 16.4. The molecule has 0 fully saturated rings. The molecule has 0 aliphatic heterocycles. The van der Waals surface area contributed by atoms with Gasteiger partial charge in [0.2, 0.25) is 5.91 Å². The summed E-state index contributed by atoms with van der Waals surface area (Å²) >= 11 is 0. The Morgan fingerprint density at radius 3 is 2.47 bits per heavy atom. The number of carboxylic acid groups (broad SMARTS) is 1. The van der Waals surface area contributed by atoms with E-state index in [0.717, 1.165) is 12.8 Å². The highest BCUT2D eigenvalue weighted by Gasteiger charge is 2.17.